The highest BCUT2D eigenvalue weighted by Gasteiger charge is 2.06. The molecule has 0 saturated carbocycles. The zero-order valence-electron chi connectivity index (χ0n) is 10.8. The second kappa shape index (κ2) is 8.20. The predicted molar refractivity (Wildman–Crippen MR) is 65.2 cm³/mol. The predicted octanol–water partition coefficient (Wildman–Crippen LogP) is -0.204. The minimum Gasteiger partial charge on any atom is -0.480 e. The van der Waals surface area contributed by atoms with Gasteiger partial charge in [0, 0.05) is 6.61 Å². The quantitative estimate of drug-likeness (QED) is 0.602. The Kier molecular flexibility index (Phi) is 6.51. The molecule has 0 aromatic carbocycles. The third kappa shape index (κ3) is 6.51. The maximum Gasteiger partial charge on any atom is 0.325 e. The zero-order chi connectivity index (χ0) is 14.1. The van der Waals surface area contributed by atoms with Crippen molar-refractivity contribution >= 4 is 11.9 Å². The second-order valence-corrected chi connectivity index (χ2v) is 3.98. The molecule has 0 fully saturated rings. The molecule has 1 rings (SSSR count). The van der Waals surface area contributed by atoms with Crippen molar-refractivity contribution in [1.82, 2.24) is 20.3 Å². The van der Waals surface area contributed by atoms with Crippen LogP contribution in [-0.2, 0) is 27.4 Å². The Morgan fingerprint density at radius 1 is 1.53 bits per heavy atom. The van der Waals surface area contributed by atoms with Gasteiger partial charge < -0.3 is 15.2 Å². The molecule has 0 unspecified atom stereocenters. The monoisotopic (exact) mass is 270 g/mol. The molecule has 1 amide bonds. The SMILES string of the molecule is CCCCOCC(=O)NCc1cn(CC(=O)O)nn1. The molecule has 19 heavy (non-hydrogen) atoms. The highest BCUT2D eigenvalue weighted by molar-refractivity contribution is 5.77. The first-order valence-electron chi connectivity index (χ1n) is 6.07. The number of rotatable bonds is 9. The Morgan fingerprint density at radius 3 is 3.00 bits per heavy atom. The van der Waals surface area contributed by atoms with E-state index in [1.54, 1.807) is 0 Å². The van der Waals surface area contributed by atoms with Crippen LogP contribution in [0.4, 0.5) is 0 Å². The van der Waals surface area contributed by atoms with Gasteiger partial charge in [0.25, 0.3) is 0 Å². The Morgan fingerprint density at radius 2 is 2.32 bits per heavy atom. The number of aliphatic carboxylic acids is 1. The van der Waals surface area contributed by atoms with Crippen molar-refractivity contribution < 1.29 is 19.4 Å². The molecule has 0 bridgehead atoms. The van der Waals surface area contributed by atoms with Crippen LogP contribution >= 0.6 is 0 Å². The average molecular weight is 270 g/mol. The summed E-state index contributed by atoms with van der Waals surface area (Å²) in [6.45, 7) is 2.59. The Balaban J connectivity index is 2.22. The van der Waals surface area contributed by atoms with Crippen LogP contribution in [0.3, 0.4) is 0 Å². The van der Waals surface area contributed by atoms with Gasteiger partial charge in [-0.25, -0.2) is 4.68 Å². The minimum absolute atomic E-state index is 0.0171. The van der Waals surface area contributed by atoms with E-state index in [-0.39, 0.29) is 25.6 Å². The van der Waals surface area contributed by atoms with Gasteiger partial charge in [-0.2, -0.15) is 0 Å². The van der Waals surface area contributed by atoms with E-state index in [0.29, 0.717) is 12.3 Å². The molecule has 0 aliphatic heterocycles. The number of amides is 1. The van der Waals surface area contributed by atoms with Crippen LogP contribution in [0, 0.1) is 0 Å². The second-order valence-electron chi connectivity index (χ2n) is 3.98. The molecule has 1 aromatic rings. The first kappa shape index (κ1) is 15.1. The van der Waals surface area contributed by atoms with Crippen LogP contribution in [0.2, 0.25) is 0 Å². The molecule has 0 atom stereocenters. The normalized spacial score (nSPS) is 10.4. The molecule has 0 saturated heterocycles. The highest BCUT2D eigenvalue weighted by Crippen LogP contribution is 1.93. The van der Waals surface area contributed by atoms with Crippen molar-refractivity contribution in [3.05, 3.63) is 11.9 Å². The summed E-state index contributed by atoms with van der Waals surface area (Å²) in [4.78, 5) is 21.8. The number of carboxylic acids is 1. The average Bonchev–Trinajstić information content (AvgIpc) is 2.79. The number of hydrogen-bond donors (Lipinski definition) is 2. The number of ether oxygens (including phenoxy) is 1. The molecule has 106 valence electrons. The van der Waals surface area contributed by atoms with Crippen molar-refractivity contribution in [2.45, 2.75) is 32.9 Å². The molecule has 1 aromatic heterocycles. The molecule has 8 nitrogen and oxygen atoms in total. The summed E-state index contributed by atoms with van der Waals surface area (Å²) in [5, 5.41) is 18.5. The lowest BCUT2D eigenvalue weighted by Crippen LogP contribution is -2.27. The van der Waals surface area contributed by atoms with E-state index in [0.717, 1.165) is 12.8 Å². The largest absolute Gasteiger partial charge is 0.480 e. The van der Waals surface area contributed by atoms with Crippen molar-refractivity contribution in [3.63, 3.8) is 0 Å². The molecule has 1 heterocycles. The van der Waals surface area contributed by atoms with E-state index in [4.69, 9.17) is 9.84 Å². The first-order valence-corrected chi connectivity index (χ1v) is 6.07. The van der Waals surface area contributed by atoms with E-state index >= 15 is 0 Å². The van der Waals surface area contributed by atoms with E-state index in [9.17, 15) is 9.59 Å². The topological polar surface area (TPSA) is 106 Å². The maximum atomic E-state index is 11.4. The number of aromatic nitrogens is 3. The summed E-state index contributed by atoms with van der Waals surface area (Å²) in [6, 6.07) is 0. The van der Waals surface area contributed by atoms with Crippen LogP contribution in [0.25, 0.3) is 0 Å². The molecule has 2 N–H and O–H groups in total. The summed E-state index contributed by atoms with van der Waals surface area (Å²) in [7, 11) is 0. The Labute approximate surface area is 110 Å². The standard InChI is InChI=1S/C11H18N4O4/c1-2-3-4-19-8-10(16)12-5-9-6-15(14-13-9)7-11(17)18/h6H,2-5,7-8H2,1H3,(H,12,16)(H,17,18). The summed E-state index contributed by atoms with van der Waals surface area (Å²) >= 11 is 0. The van der Waals surface area contributed by atoms with Gasteiger partial charge in [-0.05, 0) is 6.42 Å². The van der Waals surface area contributed by atoms with Crippen LogP contribution in [-0.4, -0.2) is 45.2 Å². The number of carbonyl (C=O) groups is 2. The van der Waals surface area contributed by atoms with Gasteiger partial charge >= 0.3 is 5.97 Å². The molecule has 0 aliphatic rings. The lowest BCUT2D eigenvalue weighted by Gasteiger charge is -2.03. The third-order valence-corrected chi connectivity index (χ3v) is 2.23. The molecule has 8 heteroatoms. The fourth-order valence-corrected chi connectivity index (χ4v) is 1.29. The third-order valence-electron chi connectivity index (χ3n) is 2.23. The van der Waals surface area contributed by atoms with Crippen LogP contribution < -0.4 is 5.32 Å². The summed E-state index contributed by atoms with van der Waals surface area (Å²) in [6.07, 6.45) is 3.43. The lowest BCUT2D eigenvalue weighted by atomic mass is 10.4. The van der Waals surface area contributed by atoms with Gasteiger partial charge in [-0.1, -0.05) is 18.6 Å². The Bertz CT molecular complexity index is 419. The fraction of sp³-hybridized carbons (Fsp3) is 0.636. The van der Waals surface area contributed by atoms with Gasteiger partial charge in [0.05, 0.1) is 12.7 Å². The van der Waals surface area contributed by atoms with Crippen molar-refractivity contribution in [1.29, 1.82) is 0 Å². The van der Waals surface area contributed by atoms with E-state index in [2.05, 4.69) is 15.6 Å². The highest BCUT2D eigenvalue weighted by atomic mass is 16.5. The lowest BCUT2D eigenvalue weighted by molar-refractivity contribution is -0.138. The van der Waals surface area contributed by atoms with Crippen LogP contribution in [0.5, 0.6) is 0 Å². The first-order chi connectivity index (χ1) is 9.11. The van der Waals surface area contributed by atoms with E-state index in [1.165, 1.54) is 10.9 Å². The molecule has 0 aliphatic carbocycles. The zero-order valence-corrected chi connectivity index (χ0v) is 10.8. The molecule has 0 radical (unpaired) electrons. The van der Waals surface area contributed by atoms with Gasteiger partial charge in [-0.3, -0.25) is 9.59 Å². The maximum absolute atomic E-state index is 11.4. The molecular weight excluding hydrogens is 252 g/mol. The number of nitrogens with zero attached hydrogens (tertiary/aromatic N) is 3. The minimum atomic E-state index is -0.996. The molecule has 0 spiro atoms. The summed E-state index contributed by atoms with van der Waals surface area (Å²) < 4.78 is 6.35. The molecular formula is C11H18N4O4. The van der Waals surface area contributed by atoms with Gasteiger partial charge in [-0.15, -0.1) is 5.10 Å². The van der Waals surface area contributed by atoms with Gasteiger partial charge in [0.2, 0.25) is 5.91 Å². The number of hydrogen-bond acceptors (Lipinski definition) is 5. The van der Waals surface area contributed by atoms with Crippen LogP contribution in [0.15, 0.2) is 6.20 Å². The fourth-order valence-electron chi connectivity index (χ4n) is 1.29. The Hall–Kier alpha value is -1.96. The smallest absolute Gasteiger partial charge is 0.325 e. The number of unbranched alkanes of at least 4 members (excludes halogenated alkanes) is 1. The number of carboxylic acid groups (broad SMARTS) is 1. The van der Waals surface area contributed by atoms with E-state index in [1.807, 2.05) is 6.92 Å². The van der Waals surface area contributed by atoms with Gasteiger partial charge in [0.1, 0.15) is 18.8 Å². The number of nitrogens with one attached hydrogen (secondary N) is 1. The van der Waals surface area contributed by atoms with Crippen LogP contribution in [0.1, 0.15) is 25.5 Å². The van der Waals surface area contributed by atoms with Crippen molar-refractivity contribution in [3.8, 4) is 0 Å². The van der Waals surface area contributed by atoms with E-state index < -0.39 is 5.97 Å². The summed E-state index contributed by atoms with van der Waals surface area (Å²) in [5.74, 6) is -1.23. The van der Waals surface area contributed by atoms with Crippen molar-refractivity contribution in [2.75, 3.05) is 13.2 Å². The number of carbonyl (C=O) groups excluding carboxylic acids is 1. The van der Waals surface area contributed by atoms with Gasteiger partial charge in [0.15, 0.2) is 0 Å². The van der Waals surface area contributed by atoms with Crippen molar-refractivity contribution in [2.24, 2.45) is 0 Å². The summed E-state index contributed by atoms with van der Waals surface area (Å²) in [5.41, 5.74) is 0.503.